The van der Waals surface area contributed by atoms with Crippen molar-refractivity contribution in [3.63, 3.8) is 0 Å². The van der Waals surface area contributed by atoms with Crippen molar-refractivity contribution in [2.24, 2.45) is 0 Å². The number of pyridine rings is 1. The van der Waals surface area contributed by atoms with Crippen molar-refractivity contribution in [1.29, 1.82) is 0 Å². The number of hydrogen-bond acceptors (Lipinski definition) is 4. The number of fused-ring (bicyclic) bond motifs is 3. The summed E-state index contributed by atoms with van der Waals surface area (Å²) in [4.78, 5) is 21.2. The summed E-state index contributed by atoms with van der Waals surface area (Å²) in [5, 5.41) is 9.05. The fraction of sp³-hybridized carbons (Fsp3) is 0.182. The number of nitrogens with zero attached hydrogens (tertiary/aromatic N) is 4. The van der Waals surface area contributed by atoms with E-state index in [2.05, 4.69) is 9.97 Å². The molecule has 17 heavy (non-hydrogen) atoms. The molecule has 1 aliphatic heterocycles. The van der Waals surface area contributed by atoms with Gasteiger partial charge in [0.15, 0.2) is 11.5 Å². The third-order valence-corrected chi connectivity index (χ3v) is 2.86. The maximum atomic E-state index is 11.0. The predicted molar refractivity (Wildman–Crippen MR) is 60.4 cm³/mol. The predicted octanol–water partition coefficient (Wildman–Crippen LogP) is 0.915. The molecule has 6 nitrogen and oxygen atoms in total. The van der Waals surface area contributed by atoms with Crippen LogP contribution in [0.15, 0.2) is 24.7 Å². The van der Waals surface area contributed by atoms with Crippen LogP contribution in [0, 0.1) is 0 Å². The number of aromatic carboxylic acids is 1. The molecule has 0 saturated heterocycles. The molecule has 86 valence electrons. The van der Waals surface area contributed by atoms with Gasteiger partial charge in [0.25, 0.3) is 0 Å². The number of anilines is 1. The van der Waals surface area contributed by atoms with E-state index >= 15 is 0 Å². The molecule has 0 fully saturated rings. The number of carboxylic acids is 1. The number of carbonyl (C=O) groups is 1. The van der Waals surface area contributed by atoms with E-state index in [0.29, 0.717) is 12.2 Å². The first-order chi connectivity index (χ1) is 8.18. The Labute approximate surface area is 97.2 Å². The number of hydrogen-bond donors (Lipinski definition) is 1. The van der Waals surface area contributed by atoms with Gasteiger partial charge >= 0.3 is 5.97 Å². The summed E-state index contributed by atoms with van der Waals surface area (Å²) in [6, 6.07) is 3.81. The fourth-order valence-corrected chi connectivity index (χ4v) is 2.07. The maximum Gasteiger partial charge on any atom is 0.356 e. The Morgan fingerprint density at radius 3 is 3.06 bits per heavy atom. The second-order valence-electron chi connectivity index (χ2n) is 3.92. The van der Waals surface area contributed by atoms with E-state index in [0.717, 1.165) is 11.5 Å². The molecule has 3 heterocycles. The maximum absolute atomic E-state index is 11.0. The lowest BCUT2D eigenvalue weighted by atomic mass is 10.2. The highest BCUT2D eigenvalue weighted by Crippen LogP contribution is 2.29. The van der Waals surface area contributed by atoms with Crippen LogP contribution in [0.4, 0.5) is 5.69 Å². The second kappa shape index (κ2) is 3.31. The normalized spacial score (nSPS) is 13.1. The minimum absolute atomic E-state index is 0.0909. The lowest BCUT2D eigenvalue weighted by molar-refractivity contribution is 0.0689. The molecule has 2 aromatic rings. The van der Waals surface area contributed by atoms with Crippen molar-refractivity contribution in [2.75, 3.05) is 11.9 Å². The summed E-state index contributed by atoms with van der Waals surface area (Å²) in [6.07, 6.45) is 3.19. The van der Waals surface area contributed by atoms with Crippen molar-refractivity contribution < 1.29 is 9.90 Å². The van der Waals surface area contributed by atoms with Gasteiger partial charge in [-0.05, 0) is 12.1 Å². The molecule has 2 aromatic heterocycles. The summed E-state index contributed by atoms with van der Waals surface area (Å²) >= 11 is 0. The van der Waals surface area contributed by atoms with Crippen molar-refractivity contribution in [3.05, 3.63) is 36.0 Å². The molecule has 0 radical (unpaired) electrons. The lowest BCUT2D eigenvalue weighted by Crippen LogP contribution is -2.27. The highest BCUT2D eigenvalue weighted by molar-refractivity contribution is 5.87. The molecule has 0 bridgehead atoms. The highest BCUT2D eigenvalue weighted by atomic mass is 16.4. The van der Waals surface area contributed by atoms with Crippen molar-refractivity contribution in [2.45, 2.75) is 6.54 Å². The zero-order valence-corrected chi connectivity index (χ0v) is 9.16. The fourth-order valence-electron chi connectivity index (χ4n) is 2.07. The first-order valence-electron chi connectivity index (χ1n) is 5.14. The molecule has 0 aliphatic carbocycles. The smallest absolute Gasteiger partial charge is 0.356 e. The summed E-state index contributed by atoms with van der Waals surface area (Å²) in [5.74, 6) is -0.289. The minimum atomic E-state index is -1.01. The van der Waals surface area contributed by atoms with E-state index in [1.807, 2.05) is 24.1 Å². The van der Waals surface area contributed by atoms with Crippen LogP contribution >= 0.6 is 0 Å². The largest absolute Gasteiger partial charge is 0.476 e. The Morgan fingerprint density at radius 1 is 1.47 bits per heavy atom. The van der Waals surface area contributed by atoms with Gasteiger partial charge in [-0.3, -0.25) is 4.57 Å². The van der Waals surface area contributed by atoms with Gasteiger partial charge in [0.1, 0.15) is 6.33 Å². The third-order valence-electron chi connectivity index (χ3n) is 2.86. The van der Waals surface area contributed by atoms with Crippen molar-refractivity contribution in [1.82, 2.24) is 14.5 Å². The van der Waals surface area contributed by atoms with E-state index in [9.17, 15) is 4.79 Å². The Morgan fingerprint density at radius 2 is 2.29 bits per heavy atom. The number of carboxylic acid groups (broad SMARTS) is 1. The van der Waals surface area contributed by atoms with E-state index < -0.39 is 5.97 Å². The SMILES string of the molecule is CN1Cc2c(C(=O)O)ncn2-c2ncccc21. The third kappa shape index (κ3) is 1.30. The topological polar surface area (TPSA) is 71.2 Å². The van der Waals surface area contributed by atoms with Crippen LogP contribution in [-0.2, 0) is 6.54 Å². The molecular weight excluding hydrogens is 220 g/mol. The van der Waals surface area contributed by atoms with Gasteiger partial charge in [-0.25, -0.2) is 14.8 Å². The van der Waals surface area contributed by atoms with E-state index in [1.54, 1.807) is 10.8 Å². The Bertz CT molecular complexity index is 605. The summed E-state index contributed by atoms with van der Waals surface area (Å²) in [5.41, 5.74) is 1.72. The molecular formula is C11H10N4O2. The Balaban J connectivity index is 2.26. The molecule has 0 spiro atoms. The molecule has 0 aromatic carbocycles. The van der Waals surface area contributed by atoms with Gasteiger partial charge in [0.2, 0.25) is 0 Å². The van der Waals surface area contributed by atoms with E-state index in [1.165, 1.54) is 6.33 Å². The van der Waals surface area contributed by atoms with E-state index in [4.69, 9.17) is 5.11 Å². The standard InChI is InChI=1S/C11H10N4O2/c1-14-5-8-9(11(16)17)13-6-15(8)10-7(14)3-2-4-12-10/h2-4,6H,5H2,1H3,(H,16,17). The number of imidazole rings is 1. The van der Waals surface area contributed by atoms with Gasteiger partial charge in [-0.2, -0.15) is 0 Å². The molecule has 0 unspecified atom stereocenters. The van der Waals surface area contributed by atoms with Crippen LogP contribution in [0.5, 0.6) is 0 Å². The van der Waals surface area contributed by atoms with Crippen LogP contribution in [0.3, 0.4) is 0 Å². The molecule has 0 atom stereocenters. The van der Waals surface area contributed by atoms with Crippen molar-refractivity contribution in [3.8, 4) is 5.82 Å². The first-order valence-corrected chi connectivity index (χ1v) is 5.14. The summed E-state index contributed by atoms with van der Waals surface area (Å²) < 4.78 is 1.73. The second-order valence-corrected chi connectivity index (χ2v) is 3.92. The molecule has 3 rings (SSSR count). The average Bonchev–Trinajstić information content (AvgIpc) is 2.73. The average molecular weight is 230 g/mol. The van der Waals surface area contributed by atoms with Gasteiger partial charge in [0.05, 0.1) is 17.9 Å². The van der Waals surface area contributed by atoms with Gasteiger partial charge < -0.3 is 10.0 Å². The zero-order chi connectivity index (χ0) is 12.0. The first kappa shape index (κ1) is 9.83. The highest BCUT2D eigenvalue weighted by Gasteiger charge is 2.26. The van der Waals surface area contributed by atoms with Crippen LogP contribution in [-0.4, -0.2) is 32.7 Å². The molecule has 1 N–H and O–H groups in total. The van der Waals surface area contributed by atoms with Gasteiger partial charge in [0, 0.05) is 13.2 Å². The van der Waals surface area contributed by atoms with Gasteiger partial charge in [-0.15, -0.1) is 0 Å². The summed E-state index contributed by atoms with van der Waals surface area (Å²) in [6.45, 7) is 0.514. The summed E-state index contributed by atoms with van der Waals surface area (Å²) in [7, 11) is 1.91. The number of rotatable bonds is 1. The van der Waals surface area contributed by atoms with Gasteiger partial charge in [-0.1, -0.05) is 0 Å². The zero-order valence-electron chi connectivity index (χ0n) is 9.16. The molecule has 6 heteroatoms. The Hall–Kier alpha value is -2.37. The van der Waals surface area contributed by atoms with Crippen LogP contribution in [0.25, 0.3) is 5.82 Å². The molecule has 1 aliphatic rings. The quantitative estimate of drug-likeness (QED) is 0.788. The monoisotopic (exact) mass is 230 g/mol. The minimum Gasteiger partial charge on any atom is -0.476 e. The number of aromatic nitrogens is 3. The molecule has 0 amide bonds. The Kier molecular flexibility index (Phi) is 1.91. The van der Waals surface area contributed by atoms with Crippen LogP contribution < -0.4 is 4.90 Å². The lowest BCUT2D eigenvalue weighted by Gasteiger charge is -2.27. The van der Waals surface area contributed by atoms with Crippen molar-refractivity contribution >= 4 is 11.7 Å². The van der Waals surface area contributed by atoms with Crippen LogP contribution in [0.2, 0.25) is 0 Å². The van der Waals surface area contributed by atoms with E-state index in [-0.39, 0.29) is 5.69 Å². The van der Waals surface area contributed by atoms with Crippen LogP contribution in [0.1, 0.15) is 16.2 Å². The molecule has 0 saturated carbocycles.